The Morgan fingerprint density at radius 2 is 1.39 bits per heavy atom. The third-order valence-electron chi connectivity index (χ3n) is 9.16. The average molecular weight is 639 g/mol. The predicted molar refractivity (Wildman–Crippen MR) is 153 cm³/mol. The molecule has 6 rings (SSSR count). The number of rotatable bonds is 4. The number of hydrogen-bond acceptors (Lipinski definition) is 14. The summed E-state index contributed by atoms with van der Waals surface area (Å²) in [4.78, 5) is 64.8. The van der Waals surface area contributed by atoms with Gasteiger partial charge in [0.05, 0.1) is 32.6 Å². The van der Waals surface area contributed by atoms with Gasteiger partial charge in [-0.25, -0.2) is 9.59 Å². The number of carbonyl (C=O) groups excluding carboxylic acids is 5. The van der Waals surface area contributed by atoms with Crippen LogP contribution in [0.25, 0.3) is 16.9 Å². The lowest BCUT2D eigenvalue weighted by molar-refractivity contribution is -0.177. The number of benzene rings is 2. The molecule has 1 saturated carbocycles. The molecule has 3 heterocycles. The highest BCUT2D eigenvalue weighted by Gasteiger charge is 2.63. The maximum absolute atomic E-state index is 13.6. The monoisotopic (exact) mass is 638 g/mol. The third kappa shape index (κ3) is 4.02. The van der Waals surface area contributed by atoms with Crippen molar-refractivity contribution in [3.8, 4) is 34.1 Å². The fourth-order valence-electron chi connectivity index (χ4n) is 7.00. The van der Waals surface area contributed by atoms with Gasteiger partial charge in [0.2, 0.25) is 5.60 Å². The second kappa shape index (κ2) is 10.5. The van der Waals surface area contributed by atoms with Crippen LogP contribution in [-0.2, 0) is 33.4 Å². The van der Waals surface area contributed by atoms with Gasteiger partial charge in [-0.1, -0.05) is 13.8 Å². The number of ether oxygens (including phenoxy) is 5. The van der Waals surface area contributed by atoms with Gasteiger partial charge in [0, 0.05) is 23.5 Å². The van der Waals surface area contributed by atoms with E-state index >= 15 is 0 Å². The van der Waals surface area contributed by atoms with E-state index in [4.69, 9.17) is 23.7 Å². The van der Waals surface area contributed by atoms with Crippen molar-refractivity contribution in [2.45, 2.75) is 56.5 Å². The number of phenolic OH excluding ortho intramolecular Hbond substituents is 2. The number of esters is 3. The van der Waals surface area contributed by atoms with Crippen LogP contribution in [0.5, 0.6) is 23.0 Å². The molecule has 0 spiro atoms. The van der Waals surface area contributed by atoms with Crippen molar-refractivity contribution >= 4 is 35.2 Å². The van der Waals surface area contributed by atoms with Crippen molar-refractivity contribution < 1.29 is 68.1 Å². The van der Waals surface area contributed by atoms with Crippen molar-refractivity contribution in [2.75, 3.05) is 14.2 Å². The molecule has 0 radical (unpaired) electrons. The molecule has 1 aliphatic carbocycles. The summed E-state index contributed by atoms with van der Waals surface area (Å²) >= 11 is 0. The van der Waals surface area contributed by atoms with E-state index in [9.17, 15) is 44.4 Å². The highest BCUT2D eigenvalue weighted by atomic mass is 16.6. The number of aliphatic hydroxyl groups excluding tert-OH is 2. The molecule has 0 aromatic heterocycles. The number of hydrogen-bond donors (Lipinski definition) is 4. The largest absolute Gasteiger partial charge is 0.506 e. The van der Waals surface area contributed by atoms with Gasteiger partial charge in [0.15, 0.2) is 17.7 Å². The number of carbonyl (C=O) groups is 5. The molecule has 4 aliphatic rings. The zero-order valence-electron chi connectivity index (χ0n) is 25.1. The van der Waals surface area contributed by atoms with Gasteiger partial charge in [0.1, 0.15) is 46.0 Å². The molecular weight excluding hydrogens is 608 g/mol. The lowest BCUT2D eigenvalue weighted by Gasteiger charge is -2.45. The van der Waals surface area contributed by atoms with E-state index in [1.807, 2.05) is 0 Å². The number of ketones is 2. The Kier molecular flexibility index (Phi) is 7.04. The first-order chi connectivity index (χ1) is 21.7. The Morgan fingerprint density at radius 3 is 1.96 bits per heavy atom. The Morgan fingerprint density at radius 1 is 0.804 bits per heavy atom. The van der Waals surface area contributed by atoms with Crippen LogP contribution in [0.15, 0.2) is 29.8 Å². The van der Waals surface area contributed by atoms with E-state index in [1.54, 1.807) is 6.92 Å². The Labute approximate surface area is 261 Å². The topological polar surface area (TPSA) is 212 Å². The minimum Gasteiger partial charge on any atom is -0.506 e. The van der Waals surface area contributed by atoms with Crippen LogP contribution < -0.4 is 9.47 Å². The molecular formula is C32H30O14. The molecule has 14 nitrogen and oxygen atoms in total. The first kappa shape index (κ1) is 30.9. The lowest BCUT2D eigenvalue weighted by atomic mass is 9.69. The van der Waals surface area contributed by atoms with Crippen LogP contribution in [0.2, 0.25) is 0 Å². The van der Waals surface area contributed by atoms with Crippen molar-refractivity contribution in [3.05, 3.63) is 41.0 Å². The zero-order valence-corrected chi connectivity index (χ0v) is 25.1. The van der Waals surface area contributed by atoms with Crippen LogP contribution in [0, 0.1) is 11.8 Å². The van der Waals surface area contributed by atoms with Crippen LogP contribution in [0.3, 0.4) is 0 Å². The fourth-order valence-corrected chi connectivity index (χ4v) is 7.00. The molecule has 1 saturated heterocycles. The molecule has 0 bridgehead atoms. The van der Waals surface area contributed by atoms with Gasteiger partial charge in [-0.2, -0.15) is 0 Å². The first-order valence-electron chi connectivity index (χ1n) is 14.4. The van der Waals surface area contributed by atoms with E-state index < -0.39 is 99.5 Å². The molecule has 6 atom stereocenters. The standard InChI is InChI=1S/C32H30O14/c1-12-9-16(33)23-26(38)22-19(46-32(23,27(12)39)30(41)43-4)8-6-15(25(22)37)14-5-7-18-21(24(14)36)17(34)11-31(45-18,29(40)42-3)28-13(2)10-20(35)44-28/h5-8,12-13,27-28,36-39H,9-11H2,1-4H3/t12-,13-,27+,28-,31-,32+/m0/s1. The molecule has 46 heavy (non-hydrogen) atoms. The molecule has 0 amide bonds. The Bertz CT molecular complexity index is 1770. The van der Waals surface area contributed by atoms with Crippen LogP contribution in [-0.4, -0.2) is 87.5 Å². The van der Waals surface area contributed by atoms with Gasteiger partial charge in [-0.05, 0) is 30.2 Å². The summed E-state index contributed by atoms with van der Waals surface area (Å²) in [5.41, 5.74) is -5.95. The second-order valence-electron chi connectivity index (χ2n) is 11.9. The van der Waals surface area contributed by atoms with Gasteiger partial charge in [-0.3, -0.25) is 14.4 Å². The summed E-state index contributed by atoms with van der Waals surface area (Å²) in [5.74, 6) is -7.99. The molecule has 14 heteroatoms. The first-order valence-corrected chi connectivity index (χ1v) is 14.4. The summed E-state index contributed by atoms with van der Waals surface area (Å²) in [7, 11) is 2.13. The van der Waals surface area contributed by atoms with Gasteiger partial charge < -0.3 is 44.1 Å². The molecule has 2 aromatic carbocycles. The maximum atomic E-state index is 13.6. The van der Waals surface area contributed by atoms with E-state index in [2.05, 4.69) is 0 Å². The van der Waals surface area contributed by atoms with Crippen LogP contribution in [0.4, 0.5) is 0 Å². The Hall–Kier alpha value is -5.11. The minimum atomic E-state index is -2.40. The quantitative estimate of drug-likeness (QED) is 0.279. The number of Topliss-reactive ketones (excluding diaryl/α,β-unsaturated/α-hetero) is 2. The van der Waals surface area contributed by atoms with E-state index in [1.165, 1.54) is 31.2 Å². The summed E-state index contributed by atoms with van der Waals surface area (Å²) in [6, 6.07) is 5.07. The average Bonchev–Trinajstić information content (AvgIpc) is 3.36. The van der Waals surface area contributed by atoms with E-state index in [0.29, 0.717) is 0 Å². The van der Waals surface area contributed by atoms with Crippen LogP contribution >= 0.6 is 0 Å². The number of aromatic hydroxyl groups is 2. The number of fused-ring (bicyclic) bond motifs is 3. The number of methoxy groups -OCH3 is 2. The SMILES string of the molecule is COC(=O)[C@@]12Oc3ccc(-c4ccc5c(c4O)C(=O)C[C@@](C(=O)OC)([C@H]4OC(=O)C[C@@H]4C)O5)c(O)c3C(O)=C1C(=O)C[C@H](C)[C@H]2O. The number of phenols is 2. The van der Waals surface area contributed by atoms with Gasteiger partial charge >= 0.3 is 17.9 Å². The highest BCUT2D eigenvalue weighted by molar-refractivity contribution is 6.13. The molecule has 0 unspecified atom stereocenters. The van der Waals surface area contributed by atoms with Crippen LogP contribution in [0.1, 0.15) is 49.0 Å². The van der Waals surface area contributed by atoms with Crippen molar-refractivity contribution in [3.63, 3.8) is 0 Å². The molecule has 3 aliphatic heterocycles. The van der Waals surface area contributed by atoms with Crippen molar-refractivity contribution in [2.24, 2.45) is 11.8 Å². The van der Waals surface area contributed by atoms with E-state index in [0.717, 1.165) is 14.2 Å². The summed E-state index contributed by atoms with van der Waals surface area (Å²) in [6.45, 7) is 3.19. The lowest BCUT2D eigenvalue weighted by Crippen LogP contribution is -2.64. The molecule has 4 N–H and O–H groups in total. The fraction of sp³-hybridized carbons (Fsp3) is 0.406. The van der Waals surface area contributed by atoms with E-state index in [-0.39, 0.29) is 41.0 Å². The van der Waals surface area contributed by atoms with Gasteiger partial charge in [-0.15, -0.1) is 0 Å². The summed E-state index contributed by atoms with van der Waals surface area (Å²) < 4.78 is 27.1. The van der Waals surface area contributed by atoms with Crippen molar-refractivity contribution in [1.29, 1.82) is 0 Å². The third-order valence-corrected chi connectivity index (χ3v) is 9.16. The molecule has 2 fully saturated rings. The summed E-state index contributed by atoms with van der Waals surface area (Å²) in [5, 5.41) is 45.1. The molecule has 2 aromatic rings. The smallest absolute Gasteiger partial charge is 0.358 e. The zero-order chi connectivity index (χ0) is 33.5. The normalized spacial score (nSPS) is 29.9. The predicted octanol–water partition coefficient (Wildman–Crippen LogP) is 2.14. The number of aliphatic hydroxyl groups is 2. The number of cyclic esters (lactones) is 1. The highest BCUT2D eigenvalue weighted by Crippen LogP contribution is 2.54. The second-order valence-corrected chi connectivity index (χ2v) is 11.9. The van der Waals surface area contributed by atoms with Crippen molar-refractivity contribution in [1.82, 2.24) is 0 Å². The summed E-state index contributed by atoms with van der Waals surface area (Å²) in [6.07, 6.45) is -3.62. The Balaban J connectivity index is 1.47. The molecule has 242 valence electrons. The van der Waals surface area contributed by atoms with Gasteiger partial charge in [0.25, 0.3) is 5.60 Å². The minimum absolute atomic E-state index is 0.00728. The maximum Gasteiger partial charge on any atom is 0.358 e.